The Morgan fingerprint density at radius 3 is 2.30 bits per heavy atom. The van der Waals surface area contributed by atoms with Gasteiger partial charge in [-0.25, -0.2) is 4.79 Å². The standard InChI is InChI=1S/C5H9NO4/c1-6(2)4(7)3-10-5(8)9/h3H2,1-2H3,(H,8,9). The van der Waals surface area contributed by atoms with Crippen molar-refractivity contribution in [3.05, 3.63) is 0 Å². The number of carbonyl (C=O) groups excluding carboxylic acids is 1. The van der Waals surface area contributed by atoms with Crippen LogP contribution in [0.4, 0.5) is 4.79 Å². The third-order valence-corrected chi connectivity index (χ3v) is 0.818. The first-order valence-corrected chi connectivity index (χ1v) is 2.60. The Morgan fingerprint density at radius 1 is 1.50 bits per heavy atom. The van der Waals surface area contributed by atoms with E-state index in [9.17, 15) is 9.59 Å². The Bertz CT molecular complexity index is 143. The minimum Gasteiger partial charge on any atom is -0.450 e. The van der Waals surface area contributed by atoms with E-state index in [2.05, 4.69) is 4.74 Å². The zero-order chi connectivity index (χ0) is 8.15. The maximum atomic E-state index is 10.6. The second-order valence-electron chi connectivity index (χ2n) is 1.84. The van der Waals surface area contributed by atoms with Crippen molar-refractivity contribution >= 4 is 12.1 Å². The lowest BCUT2D eigenvalue weighted by atomic mass is 10.6. The maximum Gasteiger partial charge on any atom is 0.506 e. The van der Waals surface area contributed by atoms with Crippen LogP contribution in [0.5, 0.6) is 0 Å². The summed E-state index contributed by atoms with van der Waals surface area (Å²) in [5.74, 6) is -0.373. The topological polar surface area (TPSA) is 66.8 Å². The molecule has 0 heterocycles. The van der Waals surface area contributed by atoms with Gasteiger partial charge in [0, 0.05) is 14.1 Å². The Kier molecular flexibility index (Phi) is 3.24. The summed E-state index contributed by atoms with van der Waals surface area (Å²) < 4.78 is 3.99. The van der Waals surface area contributed by atoms with Crippen molar-refractivity contribution in [1.82, 2.24) is 4.90 Å². The van der Waals surface area contributed by atoms with Crippen molar-refractivity contribution < 1.29 is 19.4 Å². The van der Waals surface area contributed by atoms with Crippen LogP contribution in [0.1, 0.15) is 0 Å². The van der Waals surface area contributed by atoms with Gasteiger partial charge in [-0.3, -0.25) is 4.79 Å². The largest absolute Gasteiger partial charge is 0.506 e. The average molecular weight is 147 g/mol. The number of hydrogen-bond acceptors (Lipinski definition) is 3. The molecule has 10 heavy (non-hydrogen) atoms. The lowest BCUT2D eigenvalue weighted by Crippen LogP contribution is -2.27. The smallest absolute Gasteiger partial charge is 0.450 e. The molecule has 5 nitrogen and oxygen atoms in total. The predicted molar refractivity (Wildman–Crippen MR) is 32.7 cm³/mol. The van der Waals surface area contributed by atoms with Gasteiger partial charge in [0.15, 0.2) is 6.61 Å². The number of carbonyl (C=O) groups is 2. The molecule has 1 N–H and O–H groups in total. The van der Waals surface area contributed by atoms with Crippen LogP contribution >= 0.6 is 0 Å². The number of rotatable bonds is 2. The first-order valence-electron chi connectivity index (χ1n) is 2.60. The zero-order valence-corrected chi connectivity index (χ0v) is 5.83. The molecule has 0 saturated heterocycles. The van der Waals surface area contributed by atoms with Gasteiger partial charge in [0.25, 0.3) is 5.91 Å². The normalized spacial score (nSPS) is 8.60. The van der Waals surface area contributed by atoms with E-state index in [0.717, 1.165) is 0 Å². The van der Waals surface area contributed by atoms with E-state index in [1.165, 1.54) is 19.0 Å². The van der Waals surface area contributed by atoms with E-state index < -0.39 is 12.8 Å². The van der Waals surface area contributed by atoms with Gasteiger partial charge in [-0.2, -0.15) is 0 Å². The van der Waals surface area contributed by atoms with E-state index >= 15 is 0 Å². The number of likely N-dealkylation sites (N-methyl/N-ethyl adjacent to an activating group) is 1. The minimum atomic E-state index is -1.43. The molecule has 0 fully saturated rings. The fraction of sp³-hybridized carbons (Fsp3) is 0.600. The molecule has 0 bridgehead atoms. The van der Waals surface area contributed by atoms with Gasteiger partial charge >= 0.3 is 6.16 Å². The van der Waals surface area contributed by atoms with Gasteiger partial charge in [0.05, 0.1) is 0 Å². The quantitative estimate of drug-likeness (QED) is 0.548. The SMILES string of the molecule is CN(C)C(=O)COC(=O)O. The van der Waals surface area contributed by atoms with Crippen LogP contribution in [0, 0.1) is 0 Å². The van der Waals surface area contributed by atoms with Gasteiger partial charge in [0.1, 0.15) is 0 Å². The van der Waals surface area contributed by atoms with Gasteiger partial charge in [-0.05, 0) is 0 Å². The predicted octanol–water partition coefficient (Wildman–Crippen LogP) is -0.231. The highest BCUT2D eigenvalue weighted by atomic mass is 16.7. The zero-order valence-electron chi connectivity index (χ0n) is 5.83. The van der Waals surface area contributed by atoms with Gasteiger partial charge < -0.3 is 14.7 Å². The molecule has 0 aromatic carbocycles. The van der Waals surface area contributed by atoms with Crippen molar-refractivity contribution in [1.29, 1.82) is 0 Å². The molecule has 0 atom stereocenters. The average Bonchev–Trinajstić information content (AvgIpc) is 1.82. The molecule has 0 aliphatic heterocycles. The highest BCUT2D eigenvalue weighted by molar-refractivity contribution is 5.78. The molecular weight excluding hydrogens is 138 g/mol. The second kappa shape index (κ2) is 3.71. The van der Waals surface area contributed by atoms with Crippen molar-refractivity contribution in [2.24, 2.45) is 0 Å². The number of hydrogen-bond donors (Lipinski definition) is 1. The summed E-state index contributed by atoms with van der Waals surface area (Å²) in [6.07, 6.45) is -1.43. The summed E-state index contributed by atoms with van der Waals surface area (Å²) in [5, 5.41) is 7.95. The van der Waals surface area contributed by atoms with Crippen molar-refractivity contribution in [2.75, 3.05) is 20.7 Å². The highest BCUT2D eigenvalue weighted by Crippen LogP contribution is 1.81. The molecule has 0 radical (unpaired) electrons. The molecule has 0 rings (SSSR count). The summed E-state index contributed by atoms with van der Waals surface area (Å²) in [4.78, 5) is 21.6. The third-order valence-electron chi connectivity index (χ3n) is 0.818. The Balaban J connectivity index is 3.50. The van der Waals surface area contributed by atoms with E-state index in [0.29, 0.717) is 0 Å². The molecule has 0 aromatic rings. The summed E-state index contributed by atoms with van der Waals surface area (Å²) in [5.41, 5.74) is 0. The first-order chi connectivity index (χ1) is 4.54. The lowest BCUT2D eigenvalue weighted by molar-refractivity contribution is -0.132. The van der Waals surface area contributed by atoms with Gasteiger partial charge in [0.2, 0.25) is 0 Å². The Morgan fingerprint density at radius 2 is 2.00 bits per heavy atom. The monoisotopic (exact) mass is 147 g/mol. The fourth-order valence-electron chi connectivity index (χ4n) is 0.253. The number of carboxylic acid groups (broad SMARTS) is 1. The van der Waals surface area contributed by atoms with E-state index in [4.69, 9.17) is 5.11 Å². The molecule has 0 saturated carbocycles. The number of ether oxygens (including phenoxy) is 1. The van der Waals surface area contributed by atoms with Crippen LogP contribution in [0.15, 0.2) is 0 Å². The lowest BCUT2D eigenvalue weighted by Gasteiger charge is -2.08. The van der Waals surface area contributed by atoms with Crippen LogP contribution in [0.2, 0.25) is 0 Å². The molecule has 0 aliphatic rings. The van der Waals surface area contributed by atoms with Crippen LogP contribution in [-0.2, 0) is 9.53 Å². The highest BCUT2D eigenvalue weighted by Gasteiger charge is 2.05. The molecule has 0 spiro atoms. The van der Waals surface area contributed by atoms with E-state index in [1.54, 1.807) is 0 Å². The number of nitrogens with zero attached hydrogens (tertiary/aromatic N) is 1. The Labute approximate surface area is 58.2 Å². The van der Waals surface area contributed by atoms with Crippen molar-refractivity contribution in [3.63, 3.8) is 0 Å². The van der Waals surface area contributed by atoms with Crippen LogP contribution < -0.4 is 0 Å². The molecular formula is C5H9NO4. The summed E-state index contributed by atoms with van der Waals surface area (Å²) in [6, 6.07) is 0. The van der Waals surface area contributed by atoms with Crippen molar-refractivity contribution in [2.45, 2.75) is 0 Å². The summed E-state index contributed by atoms with van der Waals surface area (Å²) in [7, 11) is 3.04. The van der Waals surface area contributed by atoms with Crippen LogP contribution in [-0.4, -0.2) is 42.8 Å². The second-order valence-corrected chi connectivity index (χ2v) is 1.84. The third kappa shape index (κ3) is 3.71. The van der Waals surface area contributed by atoms with Gasteiger partial charge in [-0.15, -0.1) is 0 Å². The van der Waals surface area contributed by atoms with E-state index in [1.807, 2.05) is 0 Å². The maximum absolute atomic E-state index is 10.6. The minimum absolute atomic E-state index is 0.373. The fourth-order valence-corrected chi connectivity index (χ4v) is 0.253. The number of amides is 1. The summed E-state index contributed by atoms with van der Waals surface area (Å²) in [6.45, 7) is -0.414. The Hall–Kier alpha value is -1.26. The summed E-state index contributed by atoms with van der Waals surface area (Å²) >= 11 is 0. The first kappa shape index (κ1) is 8.74. The molecule has 0 aromatic heterocycles. The molecule has 1 amide bonds. The van der Waals surface area contributed by atoms with Gasteiger partial charge in [-0.1, -0.05) is 0 Å². The molecule has 5 heteroatoms. The molecule has 0 unspecified atom stereocenters. The van der Waals surface area contributed by atoms with Crippen LogP contribution in [0.3, 0.4) is 0 Å². The van der Waals surface area contributed by atoms with E-state index in [-0.39, 0.29) is 5.91 Å². The molecule has 58 valence electrons. The molecule has 0 aliphatic carbocycles. The van der Waals surface area contributed by atoms with Crippen molar-refractivity contribution in [3.8, 4) is 0 Å². The van der Waals surface area contributed by atoms with Crippen LogP contribution in [0.25, 0.3) is 0 Å².